The lowest BCUT2D eigenvalue weighted by atomic mass is 9.85. The molecular formula is C18H25N3O3. The number of aliphatic hydroxyl groups excluding tert-OH is 1. The number of nitrogens with one attached hydrogen (secondary N) is 1. The summed E-state index contributed by atoms with van der Waals surface area (Å²) in [5.41, 5.74) is 0.524. The van der Waals surface area contributed by atoms with Gasteiger partial charge in [0.05, 0.1) is 12.0 Å². The summed E-state index contributed by atoms with van der Waals surface area (Å²) in [6.07, 6.45) is -0.689. The number of hydrogen-bond donors (Lipinski definition) is 2. The minimum absolute atomic E-state index is 0.0133. The summed E-state index contributed by atoms with van der Waals surface area (Å²) < 4.78 is 0. The zero-order valence-electron chi connectivity index (χ0n) is 14.2. The maximum atomic E-state index is 12.6. The Morgan fingerprint density at radius 2 is 2.00 bits per heavy atom. The fourth-order valence-corrected chi connectivity index (χ4v) is 3.41. The Kier molecular flexibility index (Phi) is 4.60. The highest BCUT2D eigenvalue weighted by atomic mass is 16.3. The summed E-state index contributed by atoms with van der Waals surface area (Å²) in [5.74, 6) is -0.546. The summed E-state index contributed by atoms with van der Waals surface area (Å²) in [5, 5.41) is 12.5. The minimum Gasteiger partial charge on any atom is -0.393 e. The number of rotatable bonds is 4. The molecule has 2 amide bonds. The number of piperazine rings is 1. The maximum Gasteiger partial charge on any atom is 0.244 e. The Morgan fingerprint density at radius 3 is 2.54 bits per heavy atom. The SMILES string of the molecule is C[C@H](C(=O)N1CCN(Cc2ccccc2)C2(CNC2=O)C1)[C@@H](C)O. The van der Waals surface area contributed by atoms with Crippen molar-refractivity contribution in [3.05, 3.63) is 35.9 Å². The van der Waals surface area contributed by atoms with Gasteiger partial charge in [-0.15, -0.1) is 0 Å². The lowest BCUT2D eigenvalue weighted by Gasteiger charge is -2.54. The molecule has 1 aromatic carbocycles. The zero-order chi connectivity index (χ0) is 17.3. The van der Waals surface area contributed by atoms with E-state index in [-0.39, 0.29) is 11.8 Å². The van der Waals surface area contributed by atoms with Crippen molar-refractivity contribution in [1.82, 2.24) is 15.1 Å². The van der Waals surface area contributed by atoms with Gasteiger partial charge in [-0.05, 0) is 12.5 Å². The van der Waals surface area contributed by atoms with Crippen LogP contribution in [-0.2, 0) is 16.1 Å². The van der Waals surface area contributed by atoms with Gasteiger partial charge in [0, 0.05) is 32.7 Å². The molecule has 2 aliphatic rings. The summed E-state index contributed by atoms with van der Waals surface area (Å²) in [6.45, 7) is 6.24. The van der Waals surface area contributed by atoms with E-state index in [9.17, 15) is 14.7 Å². The molecule has 2 aliphatic heterocycles. The molecule has 0 bridgehead atoms. The van der Waals surface area contributed by atoms with Crippen LogP contribution in [0.4, 0.5) is 0 Å². The van der Waals surface area contributed by atoms with Crippen molar-refractivity contribution in [2.24, 2.45) is 5.92 Å². The first-order chi connectivity index (χ1) is 11.4. The van der Waals surface area contributed by atoms with Gasteiger partial charge in [-0.25, -0.2) is 0 Å². The van der Waals surface area contributed by atoms with Crippen molar-refractivity contribution < 1.29 is 14.7 Å². The predicted octanol–water partition coefficient (Wildman–Crippen LogP) is 0.216. The van der Waals surface area contributed by atoms with Crippen LogP contribution < -0.4 is 5.32 Å². The van der Waals surface area contributed by atoms with E-state index in [0.717, 1.165) is 5.56 Å². The third-order valence-corrected chi connectivity index (χ3v) is 5.30. The molecule has 1 aromatic rings. The van der Waals surface area contributed by atoms with E-state index >= 15 is 0 Å². The van der Waals surface area contributed by atoms with Crippen LogP contribution in [0.5, 0.6) is 0 Å². The second-order valence-electron chi connectivity index (χ2n) is 6.91. The zero-order valence-corrected chi connectivity index (χ0v) is 14.2. The van der Waals surface area contributed by atoms with Gasteiger partial charge in [0.2, 0.25) is 11.8 Å². The summed E-state index contributed by atoms with van der Waals surface area (Å²) in [4.78, 5) is 28.8. The van der Waals surface area contributed by atoms with E-state index in [0.29, 0.717) is 32.7 Å². The molecule has 2 saturated heterocycles. The molecule has 3 rings (SSSR count). The van der Waals surface area contributed by atoms with Crippen LogP contribution in [0.25, 0.3) is 0 Å². The molecule has 130 valence electrons. The summed E-state index contributed by atoms with van der Waals surface area (Å²) >= 11 is 0. The van der Waals surface area contributed by atoms with Crippen LogP contribution in [0.1, 0.15) is 19.4 Å². The highest BCUT2D eigenvalue weighted by Gasteiger charge is 2.54. The maximum absolute atomic E-state index is 12.6. The predicted molar refractivity (Wildman–Crippen MR) is 90.0 cm³/mol. The van der Waals surface area contributed by atoms with E-state index in [1.807, 2.05) is 18.2 Å². The highest BCUT2D eigenvalue weighted by Crippen LogP contribution is 2.29. The van der Waals surface area contributed by atoms with E-state index in [4.69, 9.17) is 0 Å². The molecule has 3 atom stereocenters. The van der Waals surface area contributed by atoms with Crippen LogP contribution in [0.3, 0.4) is 0 Å². The largest absolute Gasteiger partial charge is 0.393 e. The lowest BCUT2D eigenvalue weighted by molar-refractivity contribution is -0.158. The van der Waals surface area contributed by atoms with Gasteiger partial charge in [0.1, 0.15) is 5.54 Å². The van der Waals surface area contributed by atoms with E-state index in [2.05, 4.69) is 22.3 Å². The van der Waals surface area contributed by atoms with Gasteiger partial charge < -0.3 is 15.3 Å². The van der Waals surface area contributed by atoms with Crippen molar-refractivity contribution in [3.8, 4) is 0 Å². The molecular weight excluding hydrogens is 306 g/mol. The molecule has 6 nitrogen and oxygen atoms in total. The molecule has 2 fully saturated rings. The number of benzene rings is 1. The number of β-lactam (4-membered cyclic amide) rings is 1. The van der Waals surface area contributed by atoms with Gasteiger partial charge >= 0.3 is 0 Å². The normalized spacial score (nSPS) is 26.6. The number of amides is 2. The monoisotopic (exact) mass is 331 g/mol. The summed E-state index contributed by atoms with van der Waals surface area (Å²) in [7, 11) is 0. The Morgan fingerprint density at radius 1 is 1.29 bits per heavy atom. The molecule has 1 unspecified atom stereocenters. The second-order valence-corrected chi connectivity index (χ2v) is 6.91. The van der Waals surface area contributed by atoms with Gasteiger partial charge in [-0.3, -0.25) is 14.5 Å². The number of aliphatic hydroxyl groups is 1. The fraction of sp³-hybridized carbons (Fsp3) is 0.556. The van der Waals surface area contributed by atoms with Crippen LogP contribution >= 0.6 is 0 Å². The first-order valence-electron chi connectivity index (χ1n) is 8.48. The van der Waals surface area contributed by atoms with Crippen molar-refractivity contribution in [2.75, 3.05) is 26.2 Å². The van der Waals surface area contributed by atoms with Gasteiger partial charge in [0.25, 0.3) is 0 Å². The highest BCUT2D eigenvalue weighted by molar-refractivity contribution is 5.94. The van der Waals surface area contributed by atoms with E-state index in [1.54, 1.807) is 18.7 Å². The molecule has 2 N–H and O–H groups in total. The van der Waals surface area contributed by atoms with Crippen LogP contribution in [0, 0.1) is 5.92 Å². The summed E-state index contributed by atoms with van der Waals surface area (Å²) in [6, 6.07) is 10.1. The van der Waals surface area contributed by atoms with E-state index < -0.39 is 17.6 Å². The Hall–Kier alpha value is -1.92. The average molecular weight is 331 g/mol. The van der Waals surface area contributed by atoms with Crippen molar-refractivity contribution in [1.29, 1.82) is 0 Å². The van der Waals surface area contributed by atoms with Crippen molar-refractivity contribution in [2.45, 2.75) is 32.0 Å². The average Bonchev–Trinajstić information content (AvgIpc) is 2.60. The first kappa shape index (κ1) is 16.9. The van der Waals surface area contributed by atoms with E-state index in [1.165, 1.54) is 0 Å². The molecule has 0 saturated carbocycles. The smallest absolute Gasteiger partial charge is 0.244 e. The molecule has 0 aliphatic carbocycles. The number of hydrogen-bond acceptors (Lipinski definition) is 4. The van der Waals surface area contributed by atoms with Crippen LogP contribution in [0.15, 0.2) is 30.3 Å². The van der Waals surface area contributed by atoms with Crippen molar-refractivity contribution in [3.63, 3.8) is 0 Å². The third-order valence-electron chi connectivity index (χ3n) is 5.30. The Bertz CT molecular complexity index is 619. The quantitative estimate of drug-likeness (QED) is 0.774. The lowest BCUT2D eigenvalue weighted by Crippen LogP contribution is -2.79. The number of nitrogens with zero attached hydrogens (tertiary/aromatic N) is 2. The molecule has 0 aromatic heterocycles. The fourth-order valence-electron chi connectivity index (χ4n) is 3.41. The van der Waals surface area contributed by atoms with Gasteiger partial charge in [-0.2, -0.15) is 0 Å². The van der Waals surface area contributed by atoms with Gasteiger partial charge in [0.15, 0.2) is 0 Å². The molecule has 0 radical (unpaired) electrons. The topological polar surface area (TPSA) is 72.9 Å². The van der Waals surface area contributed by atoms with Crippen LogP contribution in [-0.4, -0.2) is 64.5 Å². The first-order valence-corrected chi connectivity index (χ1v) is 8.48. The Labute approximate surface area is 142 Å². The molecule has 24 heavy (non-hydrogen) atoms. The second kappa shape index (κ2) is 6.53. The third kappa shape index (κ3) is 2.91. The molecule has 1 spiro atoms. The molecule has 2 heterocycles. The standard InChI is InChI=1S/C18H25N3O3/c1-13(14(2)22)16(23)20-8-9-21(10-15-6-4-3-5-7-15)18(12-20)11-19-17(18)24/h3-7,13-14,22H,8-12H2,1-2H3,(H,19,24)/t13-,14+,18?/m0/s1. The number of carbonyl (C=O) groups is 2. The van der Waals surface area contributed by atoms with Crippen molar-refractivity contribution >= 4 is 11.8 Å². The van der Waals surface area contributed by atoms with Crippen LogP contribution in [0.2, 0.25) is 0 Å². The Balaban J connectivity index is 1.76. The number of carbonyl (C=O) groups excluding carboxylic acids is 2. The minimum atomic E-state index is -0.689. The molecule has 6 heteroatoms. The van der Waals surface area contributed by atoms with Gasteiger partial charge in [-0.1, -0.05) is 37.3 Å².